The number of imidazole rings is 1. The number of nitrogens with one attached hydrogen (secondary N) is 1. The summed E-state index contributed by atoms with van der Waals surface area (Å²) < 4.78 is 26.7. The highest BCUT2D eigenvalue weighted by Gasteiger charge is 2.14. The van der Waals surface area contributed by atoms with E-state index in [9.17, 15) is 8.78 Å². The Labute approximate surface area is 166 Å². The van der Waals surface area contributed by atoms with Crippen LogP contribution in [0.4, 0.5) is 8.78 Å². The van der Waals surface area contributed by atoms with Crippen LogP contribution in [0.15, 0.2) is 72.8 Å². The maximum Gasteiger partial charge on any atom is 0.123 e. The first kappa shape index (κ1) is 18.4. The molecular formula is C23H17ClF2N2. The predicted molar refractivity (Wildman–Crippen MR) is 108 cm³/mol. The van der Waals surface area contributed by atoms with E-state index in [0.717, 1.165) is 40.3 Å². The van der Waals surface area contributed by atoms with E-state index in [4.69, 9.17) is 16.6 Å². The molecule has 3 aromatic carbocycles. The monoisotopic (exact) mass is 394 g/mol. The standard InChI is InChI=1S/C23H17ClF2N2/c24-18-8-1-15(2-9-18)3-14-21-27-22(16-4-10-19(25)11-5-16)23(28-21)17-6-12-20(26)13-7-17/h1-2,4-13H,3,14H2,(H,27,28). The van der Waals surface area contributed by atoms with Gasteiger partial charge in [0, 0.05) is 22.6 Å². The highest BCUT2D eigenvalue weighted by Crippen LogP contribution is 2.30. The van der Waals surface area contributed by atoms with Crippen molar-refractivity contribution < 1.29 is 8.78 Å². The maximum absolute atomic E-state index is 13.3. The van der Waals surface area contributed by atoms with E-state index >= 15 is 0 Å². The molecular weight excluding hydrogens is 378 g/mol. The van der Waals surface area contributed by atoms with E-state index in [-0.39, 0.29) is 11.6 Å². The number of aromatic nitrogens is 2. The number of halogens is 3. The second kappa shape index (κ2) is 7.95. The van der Waals surface area contributed by atoms with Crippen molar-refractivity contribution in [3.05, 3.63) is 101 Å². The summed E-state index contributed by atoms with van der Waals surface area (Å²) in [6.07, 6.45) is 1.51. The molecule has 0 saturated heterocycles. The van der Waals surface area contributed by atoms with Gasteiger partial charge in [-0.1, -0.05) is 23.7 Å². The van der Waals surface area contributed by atoms with Crippen molar-refractivity contribution in [3.8, 4) is 22.5 Å². The SMILES string of the molecule is Fc1ccc(-c2nc(CCc3ccc(Cl)cc3)[nH]c2-c2ccc(F)cc2)cc1. The van der Waals surface area contributed by atoms with Crippen LogP contribution in [0.2, 0.25) is 5.02 Å². The van der Waals surface area contributed by atoms with Crippen molar-refractivity contribution in [3.63, 3.8) is 0 Å². The number of rotatable bonds is 5. The molecule has 0 spiro atoms. The van der Waals surface area contributed by atoms with Crippen molar-refractivity contribution in [2.45, 2.75) is 12.8 Å². The van der Waals surface area contributed by atoms with E-state index in [1.165, 1.54) is 24.3 Å². The van der Waals surface area contributed by atoms with Crippen molar-refractivity contribution in [1.29, 1.82) is 0 Å². The molecule has 28 heavy (non-hydrogen) atoms. The summed E-state index contributed by atoms with van der Waals surface area (Å²) in [6.45, 7) is 0. The summed E-state index contributed by atoms with van der Waals surface area (Å²) in [6, 6.07) is 20.2. The van der Waals surface area contributed by atoms with Gasteiger partial charge in [0.2, 0.25) is 0 Å². The lowest BCUT2D eigenvalue weighted by Gasteiger charge is -2.03. The number of hydrogen-bond donors (Lipinski definition) is 1. The first-order valence-electron chi connectivity index (χ1n) is 8.94. The van der Waals surface area contributed by atoms with Gasteiger partial charge in [-0.15, -0.1) is 0 Å². The van der Waals surface area contributed by atoms with Gasteiger partial charge in [0.05, 0.1) is 11.4 Å². The molecule has 0 aliphatic rings. The maximum atomic E-state index is 13.3. The van der Waals surface area contributed by atoms with Gasteiger partial charge >= 0.3 is 0 Å². The molecule has 2 nitrogen and oxygen atoms in total. The normalized spacial score (nSPS) is 11.0. The number of benzene rings is 3. The minimum atomic E-state index is -0.300. The molecule has 1 N–H and O–H groups in total. The molecule has 0 amide bonds. The number of aromatic amines is 1. The molecule has 1 heterocycles. The highest BCUT2D eigenvalue weighted by atomic mass is 35.5. The van der Waals surface area contributed by atoms with Gasteiger partial charge < -0.3 is 4.98 Å². The Kier molecular flexibility index (Phi) is 5.22. The van der Waals surface area contributed by atoms with Crippen LogP contribution in [0.1, 0.15) is 11.4 Å². The fourth-order valence-electron chi connectivity index (χ4n) is 3.10. The molecule has 0 fully saturated rings. The van der Waals surface area contributed by atoms with Gasteiger partial charge in [-0.25, -0.2) is 13.8 Å². The summed E-state index contributed by atoms with van der Waals surface area (Å²) in [7, 11) is 0. The third kappa shape index (κ3) is 4.12. The average Bonchev–Trinajstić information content (AvgIpc) is 3.13. The summed E-state index contributed by atoms with van der Waals surface area (Å²) in [4.78, 5) is 8.10. The lowest BCUT2D eigenvalue weighted by atomic mass is 10.1. The number of nitrogens with zero attached hydrogens (tertiary/aromatic N) is 1. The summed E-state index contributed by atoms with van der Waals surface area (Å²) in [5, 5.41) is 0.707. The lowest BCUT2D eigenvalue weighted by molar-refractivity contribution is 0.627. The third-order valence-electron chi connectivity index (χ3n) is 4.57. The smallest absolute Gasteiger partial charge is 0.123 e. The van der Waals surface area contributed by atoms with Crippen LogP contribution in [0.25, 0.3) is 22.5 Å². The second-order valence-corrected chi connectivity index (χ2v) is 6.98. The van der Waals surface area contributed by atoms with Crippen LogP contribution in [0.3, 0.4) is 0 Å². The van der Waals surface area contributed by atoms with E-state index < -0.39 is 0 Å². The van der Waals surface area contributed by atoms with Gasteiger partial charge in [0.1, 0.15) is 17.5 Å². The van der Waals surface area contributed by atoms with Gasteiger partial charge in [-0.05, 0) is 72.6 Å². The van der Waals surface area contributed by atoms with Crippen molar-refractivity contribution >= 4 is 11.6 Å². The molecule has 4 aromatic rings. The van der Waals surface area contributed by atoms with Gasteiger partial charge in [0.15, 0.2) is 0 Å². The van der Waals surface area contributed by atoms with Crippen LogP contribution in [0.5, 0.6) is 0 Å². The Morgan fingerprint density at radius 2 is 1.29 bits per heavy atom. The average molecular weight is 395 g/mol. The molecule has 0 saturated carbocycles. The van der Waals surface area contributed by atoms with Crippen LogP contribution in [-0.4, -0.2) is 9.97 Å². The number of hydrogen-bond acceptors (Lipinski definition) is 1. The second-order valence-electron chi connectivity index (χ2n) is 6.55. The third-order valence-corrected chi connectivity index (χ3v) is 4.82. The molecule has 0 radical (unpaired) electrons. The predicted octanol–water partition coefficient (Wildman–Crippen LogP) is 6.46. The Bertz CT molecular complexity index is 1010. The zero-order chi connectivity index (χ0) is 19.5. The van der Waals surface area contributed by atoms with Crippen LogP contribution in [0, 0.1) is 11.6 Å². The Morgan fingerprint density at radius 1 is 0.714 bits per heavy atom. The zero-order valence-corrected chi connectivity index (χ0v) is 15.7. The molecule has 5 heteroatoms. The van der Waals surface area contributed by atoms with Crippen molar-refractivity contribution in [2.75, 3.05) is 0 Å². The first-order valence-corrected chi connectivity index (χ1v) is 9.31. The summed E-state index contributed by atoms with van der Waals surface area (Å²) in [5.41, 5.74) is 4.29. The Balaban J connectivity index is 1.67. The van der Waals surface area contributed by atoms with Crippen molar-refractivity contribution in [1.82, 2.24) is 9.97 Å². The summed E-state index contributed by atoms with van der Waals surface area (Å²) in [5.74, 6) is 0.216. The van der Waals surface area contributed by atoms with Crippen LogP contribution >= 0.6 is 11.6 Å². The molecule has 4 rings (SSSR count). The topological polar surface area (TPSA) is 28.7 Å². The molecule has 140 valence electrons. The largest absolute Gasteiger partial charge is 0.341 e. The van der Waals surface area contributed by atoms with Gasteiger partial charge in [-0.3, -0.25) is 0 Å². The van der Waals surface area contributed by atoms with E-state index in [1.807, 2.05) is 24.3 Å². The Hall–Kier alpha value is -2.98. The molecule has 0 atom stereocenters. The van der Waals surface area contributed by atoms with Gasteiger partial charge in [-0.2, -0.15) is 0 Å². The summed E-state index contributed by atoms with van der Waals surface area (Å²) >= 11 is 5.94. The van der Waals surface area contributed by atoms with Gasteiger partial charge in [0.25, 0.3) is 0 Å². The molecule has 0 aliphatic heterocycles. The Morgan fingerprint density at radius 3 is 1.89 bits per heavy atom. The number of aryl methyl sites for hydroxylation is 2. The molecule has 0 bridgehead atoms. The molecule has 1 aromatic heterocycles. The fourth-order valence-corrected chi connectivity index (χ4v) is 3.22. The minimum Gasteiger partial charge on any atom is -0.341 e. The van der Waals surface area contributed by atoms with E-state index in [1.54, 1.807) is 24.3 Å². The zero-order valence-electron chi connectivity index (χ0n) is 14.9. The van der Waals surface area contributed by atoms with Crippen molar-refractivity contribution in [2.24, 2.45) is 0 Å². The quantitative estimate of drug-likeness (QED) is 0.413. The van der Waals surface area contributed by atoms with Crippen LogP contribution in [-0.2, 0) is 12.8 Å². The first-order chi connectivity index (χ1) is 13.6. The highest BCUT2D eigenvalue weighted by molar-refractivity contribution is 6.30. The number of H-pyrrole nitrogens is 1. The molecule has 0 aliphatic carbocycles. The van der Waals surface area contributed by atoms with E-state index in [2.05, 4.69) is 4.98 Å². The lowest BCUT2D eigenvalue weighted by Crippen LogP contribution is -1.93. The molecule has 0 unspecified atom stereocenters. The fraction of sp³-hybridized carbons (Fsp3) is 0.0870. The van der Waals surface area contributed by atoms with Crippen LogP contribution < -0.4 is 0 Å². The minimum absolute atomic E-state index is 0.297. The van der Waals surface area contributed by atoms with E-state index in [0.29, 0.717) is 11.4 Å².